The number of hydrogen-bond acceptors (Lipinski definition) is 3. The molecule has 1 saturated heterocycles. The lowest BCUT2D eigenvalue weighted by Crippen LogP contribution is -2.43. The van der Waals surface area contributed by atoms with E-state index in [-0.39, 0.29) is 30.9 Å². The predicted molar refractivity (Wildman–Crippen MR) is 78.1 cm³/mol. The highest BCUT2D eigenvalue weighted by Crippen LogP contribution is 2.25. The zero-order chi connectivity index (χ0) is 15.5. The third-order valence-electron chi connectivity index (χ3n) is 3.14. The van der Waals surface area contributed by atoms with E-state index >= 15 is 0 Å². The Balaban J connectivity index is 0.00000242. The lowest BCUT2D eigenvalue weighted by atomic mass is 10.2. The molecule has 1 fully saturated rings. The lowest BCUT2D eigenvalue weighted by Gasteiger charge is -2.17. The Hall–Kier alpha value is -1.47. The highest BCUT2D eigenvalue weighted by atomic mass is 35.5. The minimum Gasteiger partial charge on any atom is -0.489 e. The van der Waals surface area contributed by atoms with E-state index in [0.29, 0.717) is 5.75 Å². The summed E-state index contributed by atoms with van der Waals surface area (Å²) < 4.78 is 44.2. The first-order valence-corrected chi connectivity index (χ1v) is 6.67. The summed E-state index contributed by atoms with van der Waals surface area (Å²) in [5.41, 5.74) is 0. The molecular formula is C14H18ClF3N2O2. The van der Waals surface area contributed by atoms with Gasteiger partial charge >= 0.3 is 0 Å². The normalized spacial score (nSPS) is 20.8. The van der Waals surface area contributed by atoms with Crippen molar-refractivity contribution in [1.82, 2.24) is 10.6 Å². The molecule has 2 rings (SSSR count). The van der Waals surface area contributed by atoms with Gasteiger partial charge in [0.2, 0.25) is 5.91 Å². The van der Waals surface area contributed by atoms with Gasteiger partial charge in [-0.3, -0.25) is 10.1 Å². The monoisotopic (exact) mass is 338 g/mol. The van der Waals surface area contributed by atoms with E-state index in [0.717, 1.165) is 0 Å². The zero-order valence-corrected chi connectivity index (χ0v) is 12.8. The van der Waals surface area contributed by atoms with Crippen LogP contribution in [0, 0.1) is 5.82 Å². The van der Waals surface area contributed by atoms with Crippen molar-refractivity contribution in [1.29, 1.82) is 0 Å². The summed E-state index contributed by atoms with van der Waals surface area (Å²) in [4.78, 5) is 11.7. The Bertz CT molecular complexity index is 499. The molecule has 2 atom stereocenters. The first kappa shape index (κ1) is 18.6. The number of hydrogen-bond donors (Lipinski definition) is 2. The topological polar surface area (TPSA) is 50.4 Å². The summed E-state index contributed by atoms with van der Waals surface area (Å²) in [7, 11) is 0. The van der Waals surface area contributed by atoms with E-state index < -0.39 is 30.8 Å². The van der Waals surface area contributed by atoms with Crippen LogP contribution in [0.25, 0.3) is 0 Å². The fraction of sp³-hybridized carbons (Fsp3) is 0.500. The van der Waals surface area contributed by atoms with Gasteiger partial charge in [-0.2, -0.15) is 0 Å². The molecule has 0 bridgehead atoms. The third-order valence-corrected chi connectivity index (χ3v) is 3.14. The van der Waals surface area contributed by atoms with Crippen molar-refractivity contribution in [2.24, 2.45) is 0 Å². The van der Waals surface area contributed by atoms with Crippen molar-refractivity contribution in [3.05, 3.63) is 30.1 Å². The molecule has 0 aliphatic carbocycles. The number of ether oxygens (including phenoxy) is 1. The van der Waals surface area contributed by atoms with Crippen LogP contribution in [0.4, 0.5) is 13.2 Å². The molecule has 1 aliphatic rings. The summed E-state index contributed by atoms with van der Waals surface area (Å²) in [5, 5.41) is 5.04. The standard InChI is InChI=1S/C14H17F3N2O2.ClH/c1-9(21-11-4-2-10(15)3-5-11)7-18-13(20)12-6-14(16,17)8-19-12;/h2-5,9,12,19H,6-8H2,1H3,(H,18,20);1H. The summed E-state index contributed by atoms with van der Waals surface area (Å²) in [5.74, 6) is -3.19. The second-order valence-electron chi connectivity index (χ2n) is 5.12. The Morgan fingerprint density at radius 2 is 2.09 bits per heavy atom. The smallest absolute Gasteiger partial charge is 0.262 e. The molecular weight excluding hydrogens is 321 g/mol. The molecule has 1 aliphatic heterocycles. The number of amides is 1. The van der Waals surface area contributed by atoms with Crippen molar-refractivity contribution in [3.63, 3.8) is 0 Å². The molecule has 1 heterocycles. The Labute approximate surface area is 132 Å². The minimum atomic E-state index is -2.84. The van der Waals surface area contributed by atoms with Crippen LogP contribution < -0.4 is 15.4 Å². The van der Waals surface area contributed by atoms with Crippen LogP contribution in [-0.2, 0) is 4.79 Å². The fourth-order valence-corrected chi connectivity index (χ4v) is 2.06. The minimum absolute atomic E-state index is 0. The summed E-state index contributed by atoms with van der Waals surface area (Å²) >= 11 is 0. The fourth-order valence-electron chi connectivity index (χ4n) is 2.06. The molecule has 1 amide bonds. The first-order valence-electron chi connectivity index (χ1n) is 6.67. The van der Waals surface area contributed by atoms with Gasteiger partial charge in [-0.1, -0.05) is 0 Å². The quantitative estimate of drug-likeness (QED) is 0.864. The average molecular weight is 339 g/mol. The van der Waals surface area contributed by atoms with E-state index in [9.17, 15) is 18.0 Å². The number of benzene rings is 1. The molecule has 2 unspecified atom stereocenters. The van der Waals surface area contributed by atoms with Crippen molar-refractivity contribution >= 4 is 18.3 Å². The number of rotatable bonds is 5. The van der Waals surface area contributed by atoms with Gasteiger partial charge in [-0.25, -0.2) is 13.2 Å². The maximum absolute atomic E-state index is 13.0. The van der Waals surface area contributed by atoms with Gasteiger partial charge in [-0.15, -0.1) is 12.4 Å². The largest absolute Gasteiger partial charge is 0.489 e. The van der Waals surface area contributed by atoms with E-state index in [1.165, 1.54) is 24.3 Å². The summed E-state index contributed by atoms with van der Waals surface area (Å²) in [6.07, 6.45) is -0.854. The van der Waals surface area contributed by atoms with Crippen molar-refractivity contribution in [2.75, 3.05) is 13.1 Å². The second-order valence-corrected chi connectivity index (χ2v) is 5.12. The van der Waals surface area contributed by atoms with E-state index in [2.05, 4.69) is 10.6 Å². The van der Waals surface area contributed by atoms with Gasteiger partial charge in [0.15, 0.2) is 0 Å². The van der Waals surface area contributed by atoms with Gasteiger partial charge in [0.05, 0.1) is 19.1 Å². The van der Waals surface area contributed by atoms with Crippen LogP contribution in [0.2, 0.25) is 0 Å². The highest BCUT2D eigenvalue weighted by molar-refractivity contribution is 5.85. The van der Waals surface area contributed by atoms with Gasteiger partial charge in [0.1, 0.15) is 17.7 Å². The van der Waals surface area contributed by atoms with E-state index in [4.69, 9.17) is 4.74 Å². The predicted octanol–water partition coefficient (Wildman–Crippen LogP) is 2.13. The van der Waals surface area contributed by atoms with Crippen LogP contribution in [0.1, 0.15) is 13.3 Å². The molecule has 22 heavy (non-hydrogen) atoms. The molecule has 1 aromatic carbocycles. The lowest BCUT2D eigenvalue weighted by molar-refractivity contribution is -0.123. The molecule has 124 valence electrons. The maximum Gasteiger partial charge on any atom is 0.262 e. The van der Waals surface area contributed by atoms with E-state index in [1.54, 1.807) is 6.92 Å². The summed E-state index contributed by atoms with van der Waals surface area (Å²) in [6.45, 7) is 1.42. The van der Waals surface area contributed by atoms with Crippen molar-refractivity contribution < 1.29 is 22.7 Å². The Morgan fingerprint density at radius 1 is 1.45 bits per heavy atom. The van der Waals surface area contributed by atoms with Crippen LogP contribution >= 0.6 is 12.4 Å². The molecule has 0 spiro atoms. The first-order chi connectivity index (χ1) is 9.85. The van der Waals surface area contributed by atoms with Gasteiger partial charge in [0, 0.05) is 6.42 Å². The van der Waals surface area contributed by atoms with Crippen LogP contribution in [0.15, 0.2) is 24.3 Å². The van der Waals surface area contributed by atoms with Crippen molar-refractivity contribution in [3.8, 4) is 5.75 Å². The van der Waals surface area contributed by atoms with E-state index in [1.807, 2.05) is 0 Å². The third kappa shape index (κ3) is 5.38. The van der Waals surface area contributed by atoms with Crippen molar-refractivity contribution in [2.45, 2.75) is 31.4 Å². The number of halogens is 4. The maximum atomic E-state index is 13.0. The van der Waals surface area contributed by atoms with Crippen LogP contribution in [-0.4, -0.2) is 37.1 Å². The highest BCUT2D eigenvalue weighted by Gasteiger charge is 2.42. The number of carbonyl (C=O) groups excluding carboxylic acids is 1. The number of carbonyl (C=O) groups is 1. The number of alkyl halides is 2. The van der Waals surface area contributed by atoms with Gasteiger partial charge in [0.25, 0.3) is 5.92 Å². The van der Waals surface area contributed by atoms with Crippen LogP contribution in [0.3, 0.4) is 0 Å². The molecule has 8 heteroatoms. The molecule has 0 saturated carbocycles. The summed E-state index contributed by atoms with van der Waals surface area (Å²) in [6, 6.07) is 4.62. The second kappa shape index (κ2) is 7.69. The van der Waals surface area contributed by atoms with Gasteiger partial charge < -0.3 is 10.1 Å². The Morgan fingerprint density at radius 3 is 2.64 bits per heavy atom. The van der Waals surface area contributed by atoms with Crippen LogP contribution in [0.5, 0.6) is 5.75 Å². The zero-order valence-electron chi connectivity index (χ0n) is 11.9. The molecule has 0 aromatic heterocycles. The SMILES string of the molecule is CC(CNC(=O)C1CC(F)(F)CN1)Oc1ccc(F)cc1.Cl. The van der Waals surface area contributed by atoms with Gasteiger partial charge in [-0.05, 0) is 31.2 Å². The molecule has 2 N–H and O–H groups in total. The average Bonchev–Trinajstić information content (AvgIpc) is 2.79. The number of nitrogens with one attached hydrogen (secondary N) is 2. The Kier molecular flexibility index (Phi) is 6.49. The molecule has 1 aromatic rings. The molecule has 0 radical (unpaired) electrons. The molecule has 4 nitrogen and oxygen atoms in total.